The average Bonchev–Trinajstić information content (AvgIpc) is 2.38. The maximum absolute atomic E-state index is 12.0. The molecule has 1 rings (SSSR count). The van der Waals surface area contributed by atoms with Crippen molar-refractivity contribution >= 4 is 12.0 Å². The van der Waals surface area contributed by atoms with E-state index in [9.17, 15) is 14.7 Å². The Morgan fingerprint density at radius 1 is 1.53 bits per heavy atom. The number of carboxylic acid groups (broad SMARTS) is 1. The minimum atomic E-state index is -0.806. The minimum Gasteiger partial charge on any atom is -0.481 e. The van der Waals surface area contributed by atoms with E-state index in [2.05, 4.69) is 11.9 Å². The van der Waals surface area contributed by atoms with Gasteiger partial charge in [0.2, 0.25) is 0 Å². The summed E-state index contributed by atoms with van der Waals surface area (Å²) in [6.07, 6.45) is 3.36. The Hall–Kier alpha value is -1.52. The average molecular weight is 268 g/mol. The lowest BCUT2D eigenvalue weighted by Gasteiger charge is -2.39. The third-order valence-electron chi connectivity index (χ3n) is 3.99. The topological polar surface area (TPSA) is 69.6 Å². The van der Waals surface area contributed by atoms with Crippen LogP contribution in [-0.4, -0.2) is 41.1 Å². The molecule has 1 aliphatic rings. The number of urea groups is 1. The van der Waals surface area contributed by atoms with Gasteiger partial charge in [0, 0.05) is 19.1 Å². The van der Waals surface area contributed by atoms with Crippen molar-refractivity contribution in [3.8, 4) is 0 Å². The second-order valence-corrected chi connectivity index (χ2v) is 5.79. The van der Waals surface area contributed by atoms with Crippen molar-refractivity contribution in [3.05, 3.63) is 12.7 Å². The molecular formula is C14H24N2O3. The van der Waals surface area contributed by atoms with Crippen molar-refractivity contribution in [3.63, 3.8) is 0 Å². The van der Waals surface area contributed by atoms with E-state index in [0.29, 0.717) is 13.1 Å². The largest absolute Gasteiger partial charge is 0.481 e. The van der Waals surface area contributed by atoms with E-state index < -0.39 is 11.4 Å². The van der Waals surface area contributed by atoms with E-state index in [0.717, 1.165) is 12.8 Å². The summed E-state index contributed by atoms with van der Waals surface area (Å²) in [5.74, 6) is -0.817. The highest BCUT2D eigenvalue weighted by Crippen LogP contribution is 2.34. The van der Waals surface area contributed by atoms with E-state index in [1.54, 1.807) is 24.8 Å². The highest BCUT2D eigenvalue weighted by Gasteiger charge is 2.40. The van der Waals surface area contributed by atoms with E-state index in [-0.39, 0.29) is 18.0 Å². The van der Waals surface area contributed by atoms with Crippen LogP contribution in [0.25, 0.3) is 0 Å². The van der Waals surface area contributed by atoms with Crippen LogP contribution in [0.3, 0.4) is 0 Å². The number of aliphatic carboxylic acids is 1. The van der Waals surface area contributed by atoms with Crippen LogP contribution in [0.15, 0.2) is 12.7 Å². The van der Waals surface area contributed by atoms with E-state index >= 15 is 0 Å². The fraction of sp³-hybridized carbons (Fsp3) is 0.714. The van der Waals surface area contributed by atoms with Crippen molar-refractivity contribution in [1.29, 1.82) is 0 Å². The molecule has 2 N–H and O–H groups in total. The first-order valence-corrected chi connectivity index (χ1v) is 6.70. The highest BCUT2D eigenvalue weighted by atomic mass is 16.4. The Labute approximate surface area is 114 Å². The molecule has 0 aromatic heterocycles. The van der Waals surface area contributed by atoms with Gasteiger partial charge in [-0.1, -0.05) is 6.08 Å². The molecule has 0 spiro atoms. The third kappa shape index (κ3) is 3.72. The molecule has 108 valence electrons. The zero-order valence-electron chi connectivity index (χ0n) is 12.0. The molecule has 1 saturated heterocycles. The van der Waals surface area contributed by atoms with Gasteiger partial charge in [-0.15, -0.1) is 6.58 Å². The molecule has 0 aromatic carbocycles. The molecule has 5 heteroatoms. The molecule has 2 amide bonds. The molecule has 5 nitrogen and oxygen atoms in total. The molecule has 1 fully saturated rings. The molecule has 0 aromatic rings. The predicted octanol–water partition coefficient (Wildman–Crippen LogP) is 2.09. The number of nitrogens with one attached hydrogen (secondary N) is 1. The van der Waals surface area contributed by atoms with Gasteiger partial charge < -0.3 is 15.3 Å². The SMILES string of the molecule is C=CC(C)NC(=O)N1CCCC(C(C)(C)C(=O)O)C1. The molecule has 0 saturated carbocycles. The third-order valence-corrected chi connectivity index (χ3v) is 3.99. The lowest BCUT2D eigenvalue weighted by Crippen LogP contribution is -2.51. The van der Waals surface area contributed by atoms with E-state index in [4.69, 9.17) is 0 Å². The molecule has 2 atom stereocenters. The summed E-state index contributed by atoms with van der Waals surface area (Å²) in [5, 5.41) is 12.1. The number of hydrogen-bond acceptors (Lipinski definition) is 2. The Morgan fingerprint density at radius 3 is 2.68 bits per heavy atom. The van der Waals surface area contributed by atoms with Gasteiger partial charge in [-0.05, 0) is 39.5 Å². The molecule has 19 heavy (non-hydrogen) atoms. The van der Waals surface area contributed by atoms with Crippen LogP contribution in [0.4, 0.5) is 4.79 Å². The van der Waals surface area contributed by atoms with E-state index in [1.807, 2.05) is 6.92 Å². The standard InChI is InChI=1S/C14H24N2O3/c1-5-10(2)15-13(19)16-8-6-7-11(9-16)14(3,4)12(17)18/h5,10-11H,1,6-9H2,2-4H3,(H,15,19)(H,17,18). The molecule has 0 aliphatic carbocycles. The van der Waals surface area contributed by atoms with Crippen molar-refractivity contribution in [2.75, 3.05) is 13.1 Å². The fourth-order valence-electron chi connectivity index (χ4n) is 2.27. The summed E-state index contributed by atoms with van der Waals surface area (Å²) in [5.41, 5.74) is -0.803. The zero-order valence-corrected chi connectivity index (χ0v) is 12.0. The Morgan fingerprint density at radius 2 is 2.16 bits per heavy atom. The van der Waals surface area contributed by atoms with Crippen molar-refractivity contribution in [2.24, 2.45) is 11.3 Å². The summed E-state index contributed by atoms with van der Waals surface area (Å²) >= 11 is 0. The van der Waals surface area contributed by atoms with Gasteiger partial charge in [-0.2, -0.15) is 0 Å². The number of likely N-dealkylation sites (tertiary alicyclic amines) is 1. The maximum Gasteiger partial charge on any atom is 0.317 e. The van der Waals surface area contributed by atoms with Gasteiger partial charge in [0.25, 0.3) is 0 Å². The van der Waals surface area contributed by atoms with Crippen LogP contribution >= 0.6 is 0 Å². The van der Waals surface area contributed by atoms with Gasteiger partial charge >= 0.3 is 12.0 Å². The lowest BCUT2D eigenvalue weighted by molar-refractivity contribution is -0.151. The number of carboxylic acids is 1. The normalized spacial score (nSPS) is 21.6. The summed E-state index contributed by atoms with van der Waals surface area (Å²) in [6.45, 7) is 10.1. The van der Waals surface area contributed by atoms with Crippen LogP contribution < -0.4 is 5.32 Å². The molecule has 1 heterocycles. The molecule has 1 aliphatic heterocycles. The minimum absolute atomic E-state index is 0.0106. The molecular weight excluding hydrogens is 244 g/mol. The molecule has 2 unspecified atom stereocenters. The van der Waals surface area contributed by atoms with Gasteiger partial charge in [0.1, 0.15) is 0 Å². The number of carbonyl (C=O) groups is 2. The molecule has 0 bridgehead atoms. The van der Waals surface area contributed by atoms with Gasteiger partial charge in [0.05, 0.1) is 5.41 Å². The Kier molecular flexibility index (Phi) is 4.97. The van der Waals surface area contributed by atoms with Crippen molar-refractivity contribution in [1.82, 2.24) is 10.2 Å². The molecule has 0 radical (unpaired) electrons. The number of hydrogen-bond donors (Lipinski definition) is 2. The number of amides is 2. The first kappa shape index (κ1) is 15.5. The Bertz CT molecular complexity index is 366. The fourth-order valence-corrected chi connectivity index (χ4v) is 2.27. The number of carbonyl (C=O) groups excluding carboxylic acids is 1. The zero-order chi connectivity index (χ0) is 14.6. The number of nitrogens with zero attached hydrogens (tertiary/aromatic N) is 1. The van der Waals surface area contributed by atoms with Crippen LogP contribution in [0.5, 0.6) is 0 Å². The maximum atomic E-state index is 12.0. The predicted molar refractivity (Wildman–Crippen MR) is 73.9 cm³/mol. The van der Waals surface area contributed by atoms with Crippen LogP contribution in [-0.2, 0) is 4.79 Å². The lowest BCUT2D eigenvalue weighted by atomic mass is 9.74. The quantitative estimate of drug-likeness (QED) is 0.767. The first-order chi connectivity index (χ1) is 8.78. The number of piperidine rings is 1. The van der Waals surface area contributed by atoms with Crippen LogP contribution in [0.2, 0.25) is 0 Å². The Balaban J connectivity index is 2.67. The second kappa shape index (κ2) is 6.08. The summed E-state index contributed by atoms with van der Waals surface area (Å²) < 4.78 is 0. The van der Waals surface area contributed by atoms with Gasteiger partial charge in [-0.3, -0.25) is 4.79 Å². The number of rotatable bonds is 4. The monoisotopic (exact) mass is 268 g/mol. The first-order valence-electron chi connectivity index (χ1n) is 6.70. The van der Waals surface area contributed by atoms with Gasteiger partial charge in [0.15, 0.2) is 0 Å². The van der Waals surface area contributed by atoms with Crippen molar-refractivity contribution in [2.45, 2.75) is 39.7 Å². The summed E-state index contributed by atoms with van der Waals surface area (Å²) in [6, 6.07) is -0.223. The second-order valence-electron chi connectivity index (χ2n) is 5.79. The summed E-state index contributed by atoms with van der Waals surface area (Å²) in [7, 11) is 0. The van der Waals surface area contributed by atoms with E-state index in [1.165, 1.54) is 0 Å². The van der Waals surface area contributed by atoms with Crippen LogP contribution in [0.1, 0.15) is 33.6 Å². The van der Waals surface area contributed by atoms with Crippen LogP contribution in [0, 0.1) is 11.3 Å². The summed E-state index contributed by atoms with van der Waals surface area (Å²) in [4.78, 5) is 25.0. The smallest absolute Gasteiger partial charge is 0.317 e. The van der Waals surface area contributed by atoms with Gasteiger partial charge in [-0.25, -0.2) is 4.79 Å². The highest BCUT2D eigenvalue weighted by molar-refractivity contribution is 5.76. The van der Waals surface area contributed by atoms with Crippen molar-refractivity contribution < 1.29 is 14.7 Å².